The molecule has 1 amide bonds. The number of amides is 1. The van der Waals surface area contributed by atoms with E-state index < -0.39 is 0 Å². The van der Waals surface area contributed by atoms with Gasteiger partial charge in [0.2, 0.25) is 0 Å². The Morgan fingerprint density at radius 2 is 2.33 bits per heavy atom. The molecule has 3 heterocycles. The fourth-order valence-corrected chi connectivity index (χ4v) is 2.53. The number of carbonyl (C=O) groups excluding carboxylic acids is 1. The molecule has 6 nitrogen and oxygen atoms in total. The molecule has 0 bridgehead atoms. The zero-order chi connectivity index (χ0) is 12.5. The van der Waals surface area contributed by atoms with Crippen LogP contribution >= 0.6 is 0 Å². The summed E-state index contributed by atoms with van der Waals surface area (Å²) in [6, 6.07) is 1.81. The van der Waals surface area contributed by atoms with E-state index in [4.69, 9.17) is 0 Å². The van der Waals surface area contributed by atoms with Gasteiger partial charge in [-0.3, -0.25) is 15.0 Å². The Labute approximate surface area is 104 Å². The van der Waals surface area contributed by atoms with Crippen molar-refractivity contribution in [1.82, 2.24) is 25.3 Å². The van der Waals surface area contributed by atoms with Gasteiger partial charge in [-0.25, -0.2) is 0 Å². The minimum atomic E-state index is 0.00370. The average molecular weight is 245 g/mol. The zero-order valence-corrected chi connectivity index (χ0v) is 10.2. The third-order valence-corrected chi connectivity index (χ3v) is 3.45. The maximum Gasteiger partial charge on any atom is 0.272 e. The summed E-state index contributed by atoms with van der Waals surface area (Å²) in [5.74, 6) is 0.00370. The molecule has 18 heavy (non-hydrogen) atoms. The van der Waals surface area contributed by atoms with E-state index in [-0.39, 0.29) is 11.9 Å². The highest BCUT2D eigenvalue weighted by Crippen LogP contribution is 2.33. The molecule has 1 atom stereocenters. The summed E-state index contributed by atoms with van der Waals surface area (Å²) in [4.78, 5) is 14.2. The highest BCUT2D eigenvalue weighted by atomic mass is 16.2. The highest BCUT2D eigenvalue weighted by molar-refractivity contribution is 5.92. The predicted molar refractivity (Wildman–Crippen MR) is 64.9 cm³/mol. The van der Waals surface area contributed by atoms with E-state index in [0.717, 1.165) is 30.6 Å². The Morgan fingerprint density at radius 3 is 3.00 bits per heavy atom. The lowest BCUT2D eigenvalue weighted by molar-refractivity contribution is 0.0726. The third-order valence-electron chi connectivity index (χ3n) is 3.45. The average Bonchev–Trinajstić information content (AvgIpc) is 3.09. The second-order valence-electron chi connectivity index (χ2n) is 4.59. The van der Waals surface area contributed by atoms with Crippen LogP contribution in [0, 0.1) is 6.92 Å². The molecule has 6 heteroatoms. The van der Waals surface area contributed by atoms with Crippen LogP contribution in [-0.2, 0) is 0 Å². The van der Waals surface area contributed by atoms with Crippen LogP contribution < -0.4 is 0 Å². The Hall–Kier alpha value is -2.11. The normalized spacial score (nSPS) is 19.4. The van der Waals surface area contributed by atoms with Crippen molar-refractivity contribution in [2.24, 2.45) is 0 Å². The van der Waals surface area contributed by atoms with E-state index in [1.165, 1.54) is 0 Å². The summed E-state index contributed by atoms with van der Waals surface area (Å²) in [7, 11) is 0. The molecule has 94 valence electrons. The maximum atomic E-state index is 12.3. The van der Waals surface area contributed by atoms with Gasteiger partial charge in [0.15, 0.2) is 0 Å². The lowest BCUT2D eigenvalue weighted by Crippen LogP contribution is -2.31. The summed E-state index contributed by atoms with van der Waals surface area (Å²) in [5.41, 5.74) is 2.68. The third kappa shape index (κ3) is 1.70. The number of aryl methyl sites for hydroxylation is 1. The van der Waals surface area contributed by atoms with Gasteiger partial charge in [-0.05, 0) is 31.4 Å². The molecule has 2 N–H and O–H groups in total. The van der Waals surface area contributed by atoms with E-state index in [1.54, 1.807) is 18.5 Å². The molecular weight excluding hydrogens is 230 g/mol. The minimum Gasteiger partial charge on any atom is -0.329 e. The summed E-state index contributed by atoms with van der Waals surface area (Å²) < 4.78 is 0. The van der Waals surface area contributed by atoms with Crippen LogP contribution in [0.15, 0.2) is 18.5 Å². The van der Waals surface area contributed by atoms with Crippen molar-refractivity contribution in [3.05, 3.63) is 35.4 Å². The van der Waals surface area contributed by atoms with Crippen molar-refractivity contribution in [3.8, 4) is 0 Å². The first-order chi connectivity index (χ1) is 8.77. The number of carbonyl (C=O) groups is 1. The van der Waals surface area contributed by atoms with E-state index in [0.29, 0.717) is 5.69 Å². The molecule has 2 aromatic heterocycles. The standard InChI is InChI=1S/C12H15N5O/c1-8-7-14-16-11(8)10-3-2-6-17(10)12(18)9-4-5-13-15-9/h4-5,7,10H,2-3,6H2,1H3,(H,13,15)(H,14,16)/t10-/m0/s1. The molecule has 0 saturated carbocycles. The molecule has 3 rings (SSSR count). The second kappa shape index (κ2) is 4.29. The molecule has 0 spiro atoms. The van der Waals surface area contributed by atoms with E-state index in [1.807, 2.05) is 11.8 Å². The first kappa shape index (κ1) is 11.0. The molecule has 1 saturated heterocycles. The van der Waals surface area contributed by atoms with Gasteiger partial charge in [0.25, 0.3) is 5.91 Å². The van der Waals surface area contributed by atoms with Gasteiger partial charge in [0.05, 0.1) is 17.9 Å². The van der Waals surface area contributed by atoms with Crippen molar-refractivity contribution in [2.75, 3.05) is 6.54 Å². The Bertz CT molecular complexity index is 545. The summed E-state index contributed by atoms with van der Waals surface area (Å²) in [5, 5.41) is 13.6. The highest BCUT2D eigenvalue weighted by Gasteiger charge is 2.32. The smallest absolute Gasteiger partial charge is 0.272 e. The zero-order valence-electron chi connectivity index (χ0n) is 10.2. The van der Waals surface area contributed by atoms with E-state index in [9.17, 15) is 4.79 Å². The quantitative estimate of drug-likeness (QED) is 0.840. The molecule has 2 aromatic rings. The molecule has 1 fully saturated rings. The van der Waals surface area contributed by atoms with Crippen LogP contribution in [0.5, 0.6) is 0 Å². The van der Waals surface area contributed by atoms with Crippen molar-refractivity contribution < 1.29 is 4.79 Å². The number of rotatable bonds is 2. The van der Waals surface area contributed by atoms with Crippen LogP contribution in [0.2, 0.25) is 0 Å². The van der Waals surface area contributed by atoms with Crippen molar-refractivity contribution in [2.45, 2.75) is 25.8 Å². The molecule has 0 radical (unpaired) electrons. The van der Waals surface area contributed by atoms with Gasteiger partial charge in [0.1, 0.15) is 5.69 Å². The molecule has 1 aliphatic heterocycles. The molecule has 0 aliphatic carbocycles. The van der Waals surface area contributed by atoms with Crippen molar-refractivity contribution >= 4 is 5.91 Å². The first-order valence-corrected chi connectivity index (χ1v) is 6.07. The van der Waals surface area contributed by atoms with Crippen molar-refractivity contribution in [3.63, 3.8) is 0 Å². The summed E-state index contributed by atoms with van der Waals surface area (Å²) in [6.45, 7) is 2.79. The number of hydrogen-bond acceptors (Lipinski definition) is 3. The SMILES string of the molecule is Cc1cn[nH]c1[C@@H]1CCCN1C(=O)c1ccn[nH]1. The number of aromatic nitrogens is 4. The van der Waals surface area contributed by atoms with E-state index in [2.05, 4.69) is 20.4 Å². The number of nitrogens with zero attached hydrogens (tertiary/aromatic N) is 3. The van der Waals surface area contributed by atoms with Crippen LogP contribution in [0.1, 0.15) is 40.6 Å². The molecule has 0 unspecified atom stereocenters. The Balaban J connectivity index is 1.88. The predicted octanol–water partition coefficient (Wildman–Crippen LogP) is 1.42. The number of nitrogens with one attached hydrogen (secondary N) is 2. The Morgan fingerprint density at radius 1 is 1.44 bits per heavy atom. The van der Waals surface area contributed by atoms with Gasteiger partial charge in [-0.2, -0.15) is 10.2 Å². The van der Waals surface area contributed by atoms with Crippen LogP contribution in [0.25, 0.3) is 0 Å². The fraction of sp³-hybridized carbons (Fsp3) is 0.417. The first-order valence-electron chi connectivity index (χ1n) is 6.07. The van der Waals surface area contributed by atoms with Gasteiger partial charge < -0.3 is 4.90 Å². The topological polar surface area (TPSA) is 77.7 Å². The van der Waals surface area contributed by atoms with E-state index >= 15 is 0 Å². The van der Waals surface area contributed by atoms with Crippen LogP contribution in [-0.4, -0.2) is 37.7 Å². The van der Waals surface area contributed by atoms with Crippen LogP contribution in [0.4, 0.5) is 0 Å². The summed E-state index contributed by atoms with van der Waals surface area (Å²) >= 11 is 0. The fourth-order valence-electron chi connectivity index (χ4n) is 2.53. The van der Waals surface area contributed by atoms with Gasteiger partial charge in [-0.1, -0.05) is 0 Å². The lowest BCUT2D eigenvalue weighted by Gasteiger charge is -2.23. The van der Waals surface area contributed by atoms with Gasteiger partial charge in [-0.15, -0.1) is 0 Å². The largest absolute Gasteiger partial charge is 0.329 e. The van der Waals surface area contributed by atoms with Gasteiger partial charge >= 0.3 is 0 Å². The molecule has 0 aromatic carbocycles. The van der Waals surface area contributed by atoms with Crippen LogP contribution in [0.3, 0.4) is 0 Å². The number of H-pyrrole nitrogens is 2. The molecular formula is C12H15N5O. The van der Waals surface area contributed by atoms with Gasteiger partial charge in [0, 0.05) is 12.7 Å². The Kier molecular flexibility index (Phi) is 2.62. The van der Waals surface area contributed by atoms with Crippen molar-refractivity contribution in [1.29, 1.82) is 0 Å². The minimum absolute atomic E-state index is 0.00370. The monoisotopic (exact) mass is 245 g/mol. The number of hydrogen-bond donors (Lipinski definition) is 2. The number of likely N-dealkylation sites (tertiary alicyclic amines) is 1. The number of aromatic amines is 2. The second-order valence-corrected chi connectivity index (χ2v) is 4.59. The lowest BCUT2D eigenvalue weighted by atomic mass is 10.1. The molecule has 1 aliphatic rings. The maximum absolute atomic E-state index is 12.3. The summed E-state index contributed by atoms with van der Waals surface area (Å²) in [6.07, 6.45) is 5.39.